The Morgan fingerprint density at radius 1 is 0.933 bits per heavy atom. The number of amidine groups is 1. The standard InChI is InChI=1S/C16H21N3O11/c1-6-11(20)25-18-14(28-23-9-4)17-15(29-27-13(22)8-3)19(26-12(21)7-2)16(18)30-24-10-5/h6-8,15-16H,1-3,9-10H2,4-5H3. The average Bonchev–Trinajstić information content (AvgIpc) is 2.76. The van der Waals surface area contributed by atoms with Crippen molar-refractivity contribution in [3.63, 3.8) is 0 Å². The fourth-order valence-electron chi connectivity index (χ4n) is 1.53. The minimum Gasteiger partial charge on any atom is -0.355 e. The maximum absolute atomic E-state index is 11.8. The van der Waals surface area contributed by atoms with Gasteiger partial charge in [-0.05, 0) is 18.9 Å². The summed E-state index contributed by atoms with van der Waals surface area (Å²) in [7, 11) is 0. The molecule has 1 aliphatic rings. The Morgan fingerprint density at radius 2 is 1.53 bits per heavy atom. The lowest BCUT2D eigenvalue weighted by molar-refractivity contribution is -0.480. The molecule has 1 rings (SSSR count). The van der Waals surface area contributed by atoms with Gasteiger partial charge in [-0.3, -0.25) is 9.78 Å². The number of aliphatic imine (C=N–C) groups is 1. The molecule has 0 aromatic carbocycles. The van der Waals surface area contributed by atoms with E-state index >= 15 is 0 Å². The molecule has 14 heteroatoms. The lowest BCUT2D eigenvalue weighted by Gasteiger charge is -2.39. The molecule has 30 heavy (non-hydrogen) atoms. The lowest BCUT2D eigenvalue weighted by Crippen LogP contribution is -2.61. The first-order valence-corrected chi connectivity index (χ1v) is 8.33. The van der Waals surface area contributed by atoms with E-state index in [1.54, 1.807) is 13.8 Å². The Morgan fingerprint density at radius 3 is 2.10 bits per heavy atom. The van der Waals surface area contributed by atoms with Crippen LogP contribution in [0.3, 0.4) is 0 Å². The van der Waals surface area contributed by atoms with Crippen molar-refractivity contribution in [2.45, 2.75) is 26.6 Å². The summed E-state index contributed by atoms with van der Waals surface area (Å²) in [6.07, 6.45) is -1.00. The normalized spacial score (nSPS) is 18.6. The highest BCUT2D eigenvalue weighted by atomic mass is 17.2. The van der Waals surface area contributed by atoms with E-state index in [0.29, 0.717) is 10.1 Å². The van der Waals surface area contributed by atoms with E-state index in [-0.39, 0.29) is 13.2 Å². The zero-order valence-electron chi connectivity index (χ0n) is 16.3. The number of rotatable bonds is 12. The van der Waals surface area contributed by atoms with Gasteiger partial charge in [-0.1, -0.05) is 19.7 Å². The maximum Gasteiger partial charge on any atom is 0.366 e. The van der Waals surface area contributed by atoms with Crippen molar-refractivity contribution in [1.82, 2.24) is 10.1 Å². The van der Waals surface area contributed by atoms with Crippen LogP contribution < -0.4 is 0 Å². The molecule has 1 heterocycles. The second-order valence-corrected chi connectivity index (χ2v) is 4.67. The van der Waals surface area contributed by atoms with E-state index in [9.17, 15) is 14.4 Å². The first-order chi connectivity index (χ1) is 14.4. The molecule has 0 amide bonds. The second-order valence-electron chi connectivity index (χ2n) is 4.67. The smallest absolute Gasteiger partial charge is 0.355 e. The van der Waals surface area contributed by atoms with Crippen molar-refractivity contribution in [2.75, 3.05) is 13.2 Å². The molecule has 2 atom stereocenters. The van der Waals surface area contributed by atoms with Gasteiger partial charge in [0.2, 0.25) is 0 Å². The van der Waals surface area contributed by atoms with Crippen LogP contribution in [-0.4, -0.2) is 60.0 Å². The van der Waals surface area contributed by atoms with Crippen molar-refractivity contribution in [2.24, 2.45) is 4.99 Å². The minimum absolute atomic E-state index is 0.0265. The summed E-state index contributed by atoms with van der Waals surface area (Å²) in [6, 6.07) is -0.553. The van der Waals surface area contributed by atoms with Crippen molar-refractivity contribution in [3.05, 3.63) is 38.0 Å². The van der Waals surface area contributed by atoms with E-state index in [0.717, 1.165) is 18.2 Å². The largest absolute Gasteiger partial charge is 0.366 e. The summed E-state index contributed by atoms with van der Waals surface area (Å²) in [6.45, 7) is 13.0. The van der Waals surface area contributed by atoms with Crippen LogP contribution in [0.15, 0.2) is 43.0 Å². The van der Waals surface area contributed by atoms with Crippen molar-refractivity contribution in [3.8, 4) is 0 Å². The molecule has 1 aliphatic heterocycles. The fraction of sp³-hybridized carbons (Fsp3) is 0.375. The maximum atomic E-state index is 11.8. The SMILES string of the molecule is C=CC(=O)OOC1N=C(OOCC)N(OC(=O)C=C)C(OOCC)N1OC(=O)C=C. The highest BCUT2D eigenvalue weighted by Crippen LogP contribution is 2.24. The van der Waals surface area contributed by atoms with Crippen molar-refractivity contribution < 1.29 is 53.4 Å². The van der Waals surface area contributed by atoms with Crippen molar-refractivity contribution in [1.29, 1.82) is 0 Å². The molecule has 0 saturated carbocycles. The topological polar surface area (TPSA) is 144 Å². The molecule has 166 valence electrons. The molecule has 2 unspecified atom stereocenters. The van der Waals surface area contributed by atoms with E-state index < -0.39 is 36.6 Å². The third kappa shape index (κ3) is 7.26. The molecular formula is C16H21N3O11. The Kier molecular flexibility index (Phi) is 10.7. The molecule has 0 aromatic rings. The Bertz CT molecular complexity index is 681. The molecule has 0 aromatic heterocycles. The molecule has 0 bridgehead atoms. The zero-order valence-corrected chi connectivity index (χ0v) is 16.3. The number of hydroxylamine groups is 4. The summed E-state index contributed by atoms with van der Waals surface area (Å²) in [5.74, 6) is -2.96. The number of nitrogens with zero attached hydrogens (tertiary/aromatic N) is 3. The Labute approximate surface area is 171 Å². The van der Waals surface area contributed by atoms with Crippen LogP contribution in [0, 0.1) is 0 Å². The van der Waals surface area contributed by atoms with Crippen LogP contribution in [0.25, 0.3) is 0 Å². The van der Waals surface area contributed by atoms with E-state index in [1.807, 2.05) is 0 Å². The first-order valence-electron chi connectivity index (χ1n) is 8.33. The molecule has 0 aliphatic carbocycles. The number of hydrogen-bond donors (Lipinski definition) is 0. The molecule has 0 fully saturated rings. The molecule has 0 radical (unpaired) electrons. The predicted octanol–water partition coefficient (Wildman–Crippen LogP) is 0.413. The van der Waals surface area contributed by atoms with Crippen LogP contribution in [-0.2, 0) is 53.4 Å². The number of hydrogen-bond acceptors (Lipinski definition) is 14. The van der Waals surface area contributed by atoms with Crippen LogP contribution in [0.4, 0.5) is 0 Å². The van der Waals surface area contributed by atoms with Gasteiger partial charge in [-0.15, -0.1) is 9.95 Å². The van der Waals surface area contributed by atoms with Gasteiger partial charge in [0.1, 0.15) is 0 Å². The van der Waals surface area contributed by atoms with Gasteiger partial charge in [-0.25, -0.2) is 19.3 Å². The fourth-order valence-corrected chi connectivity index (χ4v) is 1.53. The zero-order chi connectivity index (χ0) is 22.5. The van der Waals surface area contributed by atoms with Gasteiger partial charge in [0.25, 0.3) is 12.7 Å². The summed E-state index contributed by atoms with van der Waals surface area (Å²) in [5.41, 5.74) is 0. The van der Waals surface area contributed by atoms with Crippen LogP contribution >= 0.6 is 0 Å². The van der Waals surface area contributed by atoms with Crippen LogP contribution in [0.1, 0.15) is 13.8 Å². The average molecular weight is 431 g/mol. The van der Waals surface area contributed by atoms with Gasteiger partial charge >= 0.3 is 23.9 Å². The van der Waals surface area contributed by atoms with Crippen LogP contribution in [0.2, 0.25) is 0 Å². The summed E-state index contributed by atoms with van der Waals surface area (Å²) < 4.78 is 0. The number of carbonyl (C=O) groups is 3. The van der Waals surface area contributed by atoms with Gasteiger partial charge in [-0.2, -0.15) is 14.8 Å². The predicted molar refractivity (Wildman–Crippen MR) is 94.1 cm³/mol. The first kappa shape index (κ1) is 24.7. The quantitative estimate of drug-likeness (QED) is 0.239. The summed E-state index contributed by atoms with van der Waals surface area (Å²) in [5, 5.41) is 1.16. The van der Waals surface area contributed by atoms with E-state index in [4.69, 9.17) is 34.1 Å². The Balaban J connectivity index is 3.38. The van der Waals surface area contributed by atoms with Crippen molar-refractivity contribution >= 4 is 23.9 Å². The van der Waals surface area contributed by atoms with Gasteiger partial charge in [0.15, 0.2) is 0 Å². The summed E-state index contributed by atoms with van der Waals surface area (Å²) in [4.78, 5) is 77.7. The molecule has 0 N–H and O–H groups in total. The third-order valence-electron chi connectivity index (χ3n) is 2.67. The van der Waals surface area contributed by atoms with Gasteiger partial charge in [0.05, 0.1) is 13.2 Å². The Hall–Kier alpha value is -3.30. The highest BCUT2D eigenvalue weighted by molar-refractivity contribution is 5.83. The molecule has 0 spiro atoms. The summed E-state index contributed by atoms with van der Waals surface area (Å²) >= 11 is 0. The van der Waals surface area contributed by atoms with E-state index in [2.05, 4.69) is 29.6 Å². The van der Waals surface area contributed by atoms with Gasteiger partial charge in [0, 0.05) is 18.2 Å². The molecule has 14 nitrogen and oxygen atoms in total. The molecule has 0 saturated heterocycles. The highest BCUT2D eigenvalue weighted by Gasteiger charge is 2.48. The molecular weight excluding hydrogens is 410 g/mol. The second kappa shape index (κ2) is 13.0. The monoisotopic (exact) mass is 431 g/mol. The lowest BCUT2D eigenvalue weighted by atomic mass is 10.6. The number of carbonyl (C=O) groups excluding carboxylic acids is 3. The third-order valence-corrected chi connectivity index (χ3v) is 2.67. The van der Waals surface area contributed by atoms with Crippen LogP contribution in [0.5, 0.6) is 0 Å². The minimum atomic E-state index is -1.72. The van der Waals surface area contributed by atoms with Gasteiger partial charge < -0.3 is 9.68 Å². The van der Waals surface area contributed by atoms with E-state index in [1.165, 1.54) is 0 Å².